The molecule has 78 valence electrons. The first kappa shape index (κ1) is 11.6. The molecule has 0 aliphatic heterocycles. The molecule has 0 fully saturated rings. The molecule has 14 heavy (non-hydrogen) atoms. The average molecular weight is 336 g/mol. The molecule has 1 rings (SSSR count). The molecule has 0 aromatic carbocycles. The van der Waals surface area contributed by atoms with E-state index in [0.717, 1.165) is 0 Å². The van der Waals surface area contributed by atoms with Crippen LogP contribution in [0.25, 0.3) is 0 Å². The fourth-order valence-corrected chi connectivity index (χ4v) is 1.67. The lowest BCUT2D eigenvalue weighted by Gasteiger charge is -2.10. The zero-order valence-electron chi connectivity index (χ0n) is 6.40. The van der Waals surface area contributed by atoms with E-state index in [1.165, 1.54) is 6.07 Å². The van der Waals surface area contributed by atoms with Crippen molar-refractivity contribution in [2.24, 2.45) is 0 Å². The van der Waals surface area contributed by atoms with Gasteiger partial charge >= 0.3 is 6.36 Å². The summed E-state index contributed by atoms with van der Waals surface area (Å²) in [5.41, 5.74) is 5.28. The molecule has 3 nitrogen and oxygen atoms in total. The predicted octanol–water partition coefficient (Wildman–Crippen LogP) is 3.09. The van der Waals surface area contributed by atoms with Crippen molar-refractivity contribution in [3.8, 4) is 5.88 Å². The number of nitrogens with zero attached hydrogens (tertiary/aromatic N) is 1. The van der Waals surface area contributed by atoms with Crippen molar-refractivity contribution in [3.63, 3.8) is 0 Å². The lowest BCUT2D eigenvalue weighted by Crippen LogP contribution is -2.18. The molecule has 8 heteroatoms. The van der Waals surface area contributed by atoms with Crippen LogP contribution in [0.3, 0.4) is 0 Å². The van der Waals surface area contributed by atoms with Crippen molar-refractivity contribution < 1.29 is 17.9 Å². The van der Waals surface area contributed by atoms with E-state index in [4.69, 9.17) is 5.73 Å². The minimum absolute atomic E-state index is 0.0656. The number of hydrogen-bond donors (Lipinski definition) is 1. The summed E-state index contributed by atoms with van der Waals surface area (Å²) < 4.78 is 39.5. The minimum atomic E-state index is -4.78. The first-order valence-corrected chi connectivity index (χ1v) is 4.75. The number of rotatable bonds is 1. The molecule has 0 radical (unpaired) electrons. The van der Waals surface area contributed by atoms with Crippen LogP contribution >= 0.6 is 31.9 Å². The van der Waals surface area contributed by atoms with Crippen LogP contribution in [-0.2, 0) is 0 Å². The number of ether oxygens (including phenoxy) is 1. The molecule has 0 saturated heterocycles. The molecule has 0 bridgehead atoms. The molecule has 1 aromatic rings. The lowest BCUT2D eigenvalue weighted by molar-refractivity contribution is -0.276. The van der Waals surface area contributed by atoms with Crippen LogP contribution < -0.4 is 10.5 Å². The van der Waals surface area contributed by atoms with E-state index in [1.807, 2.05) is 0 Å². The van der Waals surface area contributed by atoms with Crippen LogP contribution in [-0.4, -0.2) is 11.3 Å². The van der Waals surface area contributed by atoms with Gasteiger partial charge in [0.15, 0.2) is 0 Å². The Morgan fingerprint density at radius 1 is 1.29 bits per heavy atom. The van der Waals surface area contributed by atoms with Gasteiger partial charge in [-0.15, -0.1) is 13.2 Å². The van der Waals surface area contributed by atoms with Crippen molar-refractivity contribution in [1.82, 2.24) is 4.98 Å². The van der Waals surface area contributed by atoms with E-state index in [0.29, 0.717) is 4.47 Å². The second-order valence-electron chi connectivity index (χ2n) is 2.19. The summed E-state index contributed by atoms with van der Waals surface area (Å²) in [6.45, 7) is 0. The van der Waals surface area contributed by atoms with Crippen molar-refractivity contribution in [2.75, 3.05) is 5.73 Å². The van der Waals surface area contributed by atoms with Crippen LogP contribution in [0, 0.1) is 0 Å². The van der Waals surface area contributed by atoms with Gasteiger partial charge in [0, 0.05) is 0 Å². The van der Waals surface area contributed by atoms with Crippen LogP contribution in [0.4, 0.5) is 19.0 Å². The average Bonchev–Trinajstić information content (AvgIpc) is 1.97. The van der Waals surface area contributed by atoms with E-state index >= 15 is 0 Å². The molecule has 0 aliphatic rings. The molecular weight excluding hydrogens is 333 g/mol. The van der Waals surface area contributed by atoms with Crippen LogP contribution in [0.1, 0.15) is 0 Å². The largest absolute Gasteiger partial charge is 0.574 e. The van der Waals surface area contributed by atoms with E-state index < -0.39 is 12.2 Å². The summed E-state index contributed by atoms with van der Waals surface area (Å²) in [4.78, 5) is 3.40. The Labute approximate surface area is 93.7 Å². The van der Waals surface area contributed by atoms with Crippen molar-refractivity contribution in [1.29, 1.82) is 0 Å². The molecule has 0 unspecified atom stereocenters. The highest BCUT2D eigenvalue weighted by Crippen LogP contribution is 2.32. The highest BCUT2D eigenvalue weighted by molar-refractivity contribution is 9.11. The van der Waals surface area contributed by atoms with Gasteiger partial charge in [-0.3, -0.25) is 0 Å². The summed E-state index contributed by atoms with van der Waals surface area (Å²) in [7, 11) is 0. The number of pyridine rings is 1. The molecule has 0 saturated carbocycles. The first-order chi connectivity index (χ1) is 6.29. The Bertz CT molecular complexity index is 356. The zero-order chi connectivity index (χ0) is 10.9. The molecule has 2 N–H and O–H groups in total. The Hall–Kier alpha value is -0.500. The zero-order valence-corrected chi connectivity index (χ0v) is 9.57. The van der Waals surface area contributed by atoms with E-state index in [-0.39, 0.29) is 10.3 Å². The van der Waals surface area contributed by atoms with Gasteiger partial charge in [-0.25, -0.2) is 0 Å². The van der Waals surface area contributed by atoms with Crippen LogP contribution in [0.2, 0.25) is 0 Å². The Morgan fingerprint density at radius 2 is 1.86 bits per heavy atom. The Kier molecular flexibility index (Phi) is 3.25. The molecule has 0 amide bonds. The number of alkyl halides is 3. The van der Waals surface area contributed by atoms with E-state index in [2.05, 4.69) is 41.6 Å². The van der Waals surface area contributed by atoms with Crippen molar-refractivity contribution in [3.05, 3.63) is 15.0 Å². The summed E-state index contributed by atoms with van der Waals surface area (Å²) in [6.07, 6.45) is -4.78. The van der Waals surface area contributed by atoms with E-state index in [9.17, 15) is 13.2 Å². The molecule has 0 spiro atoms. The monoisotopic (exact) mass is 334 g/mol. The summed E-state index contributed by atoms with van der Waals surface area (Å²) in [5, 5.41) is 0. The SMILES string of the molecule is Nc1nc(OC(F)(F)F)c(Br)cc1Br. The highest BCUT2D eigenvalue weighted by atomic mass is 79.9. The predicted molar refractivity (Wildman–Crippen MR) is 50.7 cm³/mol. The minimum Gasteiger partial charge on any atom is -0.387 e. The molecule has 1 aromatic heterocycles. The summed E-state index contributed by atoms with van der Waals surface area (Å²) >= 11 is 5.87. The van der Waals surface area contributed by atoms with Crippen LogP contribution in [0.15, 0.2) is 15.0 Å². The maximum absolute atomic E-state index is 11.8. The number of nitrogen functional groups attached to an aromatic ring is 1. The highest BCUT2D eigenvalue weighted by Gasteiger charge is 2.33. The third-order valence-corrected chi connectivity index (χ3v) is 2.34. The number of halogens is 5. The van der Waals surface area contributed by atoms with Gasteiger partial charge in [0.1, 0.15) is 5.82 Å². The standard InChI is InChI=1S/C6H3Br2F3N2O/c7-2-1-3(8)5(13-4(2)12)14-6(9,10)11/h1H,(H2,12,13). The fourth-order valence-electron chi connectivity index (χ4n) is 0.644. The number of anilines is 1. The van der Waals surface area contributed by atoms with Gasteiger partial charge < -0.3 is 10.5 Å². The normalized spacial score (nSPS) is 11.5. The summed E-state index contributed by atoms with van der Waals surface area (Å²) in [5.74, 6) is -0.689. The number of hydrogen-bond acceptors (Lipinski definition) is 3. The Morgan fingerprint density at radius 3 is 2.36 bits per heavy atom. The number of aromatic nitrogens is 1. The molecule has 0 atom stereocenters. The van der Waals surface area contributed by atoms with Gasteiger partial charge in [0.25, 0.3) is 0 Å². The quantitative estimate of drug-likeness (QED) is 0.858. The second-order valence-corrected chi connectivity index (χ2v) is 3.90. The van der Waals surface area contributed by atoms with Crippen molar-refractivity contribution >= 4 is 37.7 Å². The maximum atomic E-state index is 11.8. The van der Waals surface area contributed by atoms with Gasteiger partial charge in [-0.1, -0.05) is 0 Å². The van der Waals surface area contributed by atoms with Crippen LogP contribution in [0.5, 0.6) is 5.88 Å². The lowest BCUT2D eigenvalue weighted by atomic mass is 10.4. The molecular formula is C6H3Br2F3N2O. The third kappa shape index (κ3) is 3.02. The van der Waals surface area contributed by atoms with Gasteiger partial charge in [0.05, 0.1) is 8.95 Å². The van der Waals surface area contributed by atoms with Crippen molar-refractivity contribution in [2.45, 2.75) is 6.36 Å². The molecule has 1 heterocycles. The molecule has 0 aliphatic carbocycles. The van der Waals surface area contributed by atoms with Gasteiger partial charge in [-0.2, -0.15) is 4.98 Å². The maximum Gasteiger partial charge on any atom is 0.574 e. The van der Waals surface area contributed by atoms with Gasteiger partial charge in [-0.05, 0) is 37.9 Å². The second kappa shape index (κ2) is 3.93. The first-order valence-electron chi connectivity index (χ1n) is 3.17. The Balaban J connectivity index is 3.04. The summed E-state index contributed by atoms with van der Waals surface area (Å²) in [6, 6.07) is 1.32. The smallest absolute Gasteiger partial charge is 0.387 e. The fraction of sp³-hybridized carbons (Fsp3) is 0.167. The van der Waals surface area contributed by atoms with Gasteiger partial charge in [0.2, 0.25) is 5.88 Å². The van der Waals surface area contributed by atoms with E-state index in [1.54, 1.807) is 0 Å². The topological polar surface area (TPSA) is 48.1 Å². The number of nitrogens with two attached hydrogens (primary N) is 1. The third-order valence-electron chi connectivity index (χ3n) is 1.14.